The first-order valence-corrected chi connectivity index (χ1v) is 6.29. The summed E-state index contributed by atoms with van der Waals surface area (Å²) in [6.45, 7) is 3.73. The maximum Gasteiger partial charge on any atom is 0.123 e. The average molecular weight is 251 g/mol. The monoisotopic (exact) mass is 251 g/mol. The second-order valence-corrected chi connectivity index (χ2v) is 4.98. The van der Waals surface area contributed by atoms with Crippen molar-refractivity contribution in [3.05, 3.63) is 51.2 Å². The molecule has 0 aliphatic heterocycles. The van der Waals surface area contributed by atoms with Crippen molar-refractivity contribution in [1.82, 2.24) is 4.98 Å². The number of aromatic nitrogens is 1. The Morgan fingerprint density at radius 3 is 2.76 bits per heavy atom. The number of benzene rings is 1. The van der Waals surface area contributed by atoms with Gasteiger partial charge in [0.15, 0.2) is 0 Å². The zero-order valence-corrected chi connectivity index (χ0v) is 10.6. The smallest absolute Gasteiger partial charge is 0.123 e. The fourth-order valence-electron chi connectivity index (χ4n) is 1.82. The molecule has 2 nitrogen and oxygen atoms in total. The van der Waals surface area contributed by atoms with Gasteiger partial charge in [0, 0.05) is 6.42 Å². The molecule has 1 N–H and O–H groups in total. The molecule has 1 heterocycles. The molecule has 2 rings (SSSR count). The highest BCUT2D eigenvalue weighted by atomic mass is 32.1. The number of aryl methyl sites for hydroxylation is 2. The van der Waals surface area contributed by atoms with Crippen LogP contribution in [0.25, 0.3) is 0 Å². The summed E-state index contributed by atoms with van der Waals surface area (Å²) in [5.74, 6) is -0.241. The Hall–Kier alpha value is -1.26. The molecule has 0 amide bonds. The molecule has 0 aliphatic rings. The Morgan fingerprint density at radius 1 is 1.41 bits per heavy atom. The zero-order chi connectivity index (χ0) is 12.4. The number of hydrogen-bond donors (Lipinski definition) is 1. The lowest BCUT2D eigenvalue weighted by molar-refractivity contribution is 0.181. The summed E-state index contributed by atoms with van der Waals surface area (Å²) in [5.41, 5.74) is 4.42. The van der Waals surface area contributed by atoms with E-state index in [1.54, 1.807) is 11.6 Å². The lowest BCUT2D eigenvalue weighted by Crippen LogP contribution is -2.03. The van der Waals surface area contributed by atoms with Crippen LogP contribution >= 0.6 is 11.3 Å². The van der Waals surface area contributed by atoms with Gasteiger partial charge in [-0.3, -0.25) is 0 Å². The van der Waals surface area contributed by atoms with Crippen LogP contribution in [0, 0.1) is 19.7 Å². The van der Waals surface area contributed by atoms with E-state index in [0.717, 1.165) is 21.7 Å². The standard InChI is InChI=1S/C13H14FNOS/c1-8-5-11(14)4-3-10(8)6-12(16)13-9(2)15-7-17-13/h3-5,7,12,16H,6H2,1-2H3. The predicted octanol–water partition coefficient (Wildman–Crippen LogP) is 3.18. The van der Waals surface area contributed by atoms with Crippen molar-refractivity contribution in [2.75, 3.05) is 0 Å². The minimum atomic E-state index is -0.563. The Balaban J connectivity index is 2.19. The summed E-state index contributed by atoms with van der Waals surface area (Å²) in [6.07, 6.45) is -0.0681. The summed E-state index contributed by atoms with van der Waals surface area (Å²) < 4.78 is 13.0. The third-order valence-electron chi connectivity index (χ3n) is 2.80. The third kappa shape index (κ3) is 2.70. The van der Waals surface area contributed by atoms with E-state index in [4.69, 9.17) is 0 Å². The maximum atomic E-state index is 13.0. The number of rotatable bonds is 3. The first-order chi connectivity index (χ1) is 8.08. The number of aliphatic hydroxyl groups is 1. The topological polar surface area (TPSA) is 33.1 Å². The fourth-order valence-corrected chi connectivity index (χ4v) is 2.61. The van der Waals surface area contributed by atoms with Crippen molar-refractivity contribution in [3.8, 4) is 0 Å². The van der Waals surface area contributed by atoms with Crippen LogP contribution in [-0.4, -0.2) is 10.1 Å². The van der Waals surface area contributed by atoms with Gasteiger partial charge in [-0.25, -0.2) is 9.37 Å². The Bertz CT molecular complexity index is 524. The predicted molar refractivity (Wildman–Crippen MR) is 66.7 cm³/mol. The van der Waals surface area contributed by atoms with Crippen molar-refractivity contribution in [1.29, 1.82) is 0 Å². The van der Waals surface area contributed by atoms with E-state index in [-0.39, 0.29) is 5.82 Å². The Labute approximate surface area is 104 Å². The van der Waals surface area contributed by atoms with Gasteiger partial charge in [0.1, 0.15) is 5.82 Å². The first-order valence-electron chi connectivity index (χ1n) is 5.41. The van der Waals surface area contributed by atoms with Gasteiger partial charge >= 0.3 is 0 Å². The average Bonchev–Trinajstić information content (AvgIpc) is 2.68. The number of aliphatic hydroxyl groups excluding tert-OH is 1. The molecule has 0 saturated heterocycles. The van der Waals surface area contributed by atoms with Crippen LogP contribution in [0.2, 0.25) is 0 Å². The van der Waals surface area contributed by atoms with Crippen molar-refractivity contribution < 1.29 is 9.50 Å². The largest absolute Gasteiger partial charge is 0.387 e. The Kier molecular flexibility index (Phi) is 3.54. The first kappa shape index (κ1) is 12.2. The fraction of sp³-hybridized carbons (Fsp3) is 0.308. The van der Waals surface area contributed by atoms with Gasteiger partial charge in [-0.15, -0.1) is 11.3 Å². The molecule has 0 saturated carbocycles. The molecule has 1 aromatic carbocycles. The number of nitrogens with zero attached hydrogens (tertiary/aromatic N) is 1. The minimum absolute atomic E-state index is 0.241. The molecule has 1 atom stereocenters. The van der Waals surface area contributed by atoms with Crippen LogP contribution in [0.15, 0.2) is 23.7 Å². The molecule has 2 aromatic rings. The summed E-state index contributed by atoms with van der Waals surface area (Å²) in [6, 6.07) is 4.64. The molecule has 0 fully saturated rings. The molecular weight excluding hydrogens is 237 g/mol. The van der Waals surface area contributed by atoms with Crippen LogP contribution in [0.1, 0.15) is 27.8 Å². The summed E-state index contributed by atoms with van der Waals surface area (Å²) in [4.78, 5) is 5.00. The van der Waals surface area contributed by atoms with Crippen LogP contribution in [-0.2, 0) is 6.42 Å². The molecule has 90 valence electrons. The number of thiazole rings is 1. The van der Waals surface area contributed by atoms with Crippen molar-refractivity contribution >= 4 is 11.3 Å². The molecule has 0 spiro atoms. The quantitative estimate of drug-likeness (QED) is 0.909. The molecule has 17 heavy (non-hydrogen) atoms. The van der Waals surface area contributed by atoms with Gasteiger partial charge in [0.05, 0.1) is 22.2 Å². The molecule has 1 unspecified atom stereocenters. The van der Waals surface area contributed by atoms with E-state index < -0.39 is 6.10 Å². The lowest BCUT2D eigenvalue weighted by Gasteiger charge is -2.11. The number of hydrogen-bond acceptors (Lipinski definition) is 3. The summed E-state index contributed by atoms with van der Waals surface area (Å²) in [7, 11) is 0. The van der Waals surface area contributed by atoms with Gasteiger partial charge in [0.25, 0.3) is 0 Å². The van der Waals surface area contributed by atoms with Gasteiger partial charge in [-0.2, -0.15) is 0 Å². The van der Waals surface area contributed by atoms with Gasteiger partial charge < -0.3 is 5.11 Å². The summed E-state index contributed by atoms with van der Waals surface area (Å²) in [5, 5.41) is 10.1. The molecule has 4 heteroatoms. The lowest BCUT2D eigenvalue weighted by atomic mass is 10.0. The van der Waals surface area contributed by atoms with Gasteiger partial charge in [0.2, 0.25) is 0 Å². The van der Waals surface area contributed by atoms with E-state index in [9.17, 15) is 9.50 Å². The Morgan fingerprint density at radius 2 is 2.18 bits per heavy atom. The van der Waals surface area contributed by atoms with Crippen LogP contribution in [0.4, 0.5) is 4.39 Å². The van der Waals surface area contributed by atoms with E-state index in [1.807, 2.05) is 13.8 Å². The molecule has 0 bridgehead atoms. The minimum Gasteiger partial charge on any atom is -0.387 e. The SMILES string of the molecule is Cc1cc(F)ccc1CC(O)c1scnc1C. The second kappa shape index (κ2) is 4.94. The van der Waals surface area contributed by atoms with Crippen molar-refractivity contribution in [2.24, 2.45) is 0 Å². The van der Waals surface area contributed by atoms with E-state index >= 15 is 0 Å². The zero-order valence-electron chi connectivity index (χ0n) is 9.77. The van der Waals surface area contributed by atoms with E-state index in [1.165, 1.54) is 23.5 Å². The molecule has 1 aromatic heterocycles. The normalized spacial score (nSPS) is 12.7. The highest BCUT2D eigenvalue weighted by Crippen LogP contribution is 2.26. The van der Waals surface area contributed by atoms with Gasteiger partial charge in [-0.05, 0) is 37.1 Å². The molecule has 0 aliphatic carbocycles. The molecule has 0 radical (unpaired) electrons. The van der Waals surface area contributed by atoms with Gasteiger partial charge in [-0.1, -0.05) is 6.07 Å². The second-order valence-electron chi connectivity index (χ2n) is 4.09. The highest BCUT2D eigenvalue weighted by molar-refractivity contribution is 7.09. The number of halogens is 1. The third-order valence-corrected chi connectivity index (χ3v) is 3.84. The van der Waals surface area contributed by atoms with E-state index in [2.05, 4.69) is 4.98 Å². The van der Waals surface area contributed by atoms with Crippen LogP contribution in [0.5, 0.6) is 0 Å². The van der Waals surface area contributed by atoms with Crippen LogP contribution in [0.3, 0.4) is 0 Å². The van der Waals surface area contributed by atoms with Crippen molar-refractivity contribution in [2.45, 2.75) is 26.4 Å². The maximum absolute atomic E-state index is 13.0. The highest BCUT2D eigenvalue weighted by Gasteiger charge is 2.14. The summed E-state index contributed by atoms with van der Waals surface area (Å²) >= 11 is 1.45. The van der Waals surface area contributed by atoms with Crippen molar-refractivity contribution in [3.63, 3.8) is 0 Å². The van der Waals surface area contributed by atoms with E-state index in [0.29, 0.717) is 6.42 Å². The molecular formula is C13H14FNOS. The van der Waals surface area contributed by atoms with Crippen LogP contribution < -0.4 is 0 Å².